The molecular formula is C16H18N2O3S2. The van der Waals surface area contributed by atoms with Crippen LogP contribution in [0.3, 0.4) is 0 Å². The van der Waals surface area contributed by atoms with Gasteiger partial charge in [-0.3, -0.25) is 4.79 Å². The molecule has 3 N–H and O–H groups in total. The SMILES string of the molecule is C[C@@H](SCc1ccccc1)C(=O)Nc1ccc(S(N)(=O)=O)cc1. The fourth-order valence-electron chi connectivity index (χ4n) is 1.84. The van der Waals surface area contributed by atoms with E-state index in [9.17, 15) is 13.2 Å². The number of rotatable bonds is 6. The molecule has 7 heteroatoms. The van der Waals surface area contributed by atoms with Gasteiger partial charge in [0.1, 0.15) is 0 Å². The summed E-state index contributed by atoms with van der Waals surface area (Å²) in [5.74, 6) is 0.619. The van der Waals surface area contributed by atoms with Gasteiger partial charge >= 0.3 is 0 Å². The van der Waals surface area contributed by atoms with Crippen LogP contribution >= 0.6 is 11.8 Å². The molecule has 0 fully saturated rings. The standard InChI is InChI=1S/C16H18N2O3S2/c1-12(22-11-13-5-3-2-4-6-13)16(19)18-14-7-9-15(10-8-14)23(17,20)21/h2-10,12H,11H2,1H3,(H,18,19)(H2,17,20,21)/t12-/m1/s1. The van der Waals surface area contributed by atoms with E-state index in [0.29, 0.717) is 5.69 Å². The van der Waals surface area contributed by atoms with Gasteiger partial charge in [-0.15, -0.1) is 11.8 Å². The van der Waals surface area contributed by atoms with Crippen LogP contribution in [0.4, 0.5) is 5.69 Å². The maximum Gasteiger partial charge on any atom is 0.238 e. The summed E-state index contributed by atoms with van der Waals surface area (Å²) in [5, 5.41) is 7.57. The summed E-state index contributed by atoms with van der Waals surface area (Å²) in [6, 6.07) is 15.7. The van der Waals surface area contributed by atoms with E-state index in [4.69, 9.17) is 5.14 Å². The lowest BCUT2D eigenvalue weighted by atomic mass is 10.2. The van der Waals surface area contributed by atoms with E-state index in [1.54, 1.807) is 0 Å². The number of primary sulfonamides is 1. The van der Waals surface area contributed by atoms with Gasteiger partial charge in [0.25, 0.3) is 0 Å². The summed E-state index contributed by atoms with van der Waals surface area (Å²) >= 11 is 1.54. The smallest absolute Gasteiger partial charge is 0.238 e. The Kier molecular flexibility index (Phi) is 5.81. The number of carbonyl (C=O) groups is 1. The highest BCUT2D eigenvalue weighted by Crippen LogP contribution is 2.20. The third-order valence-corrected chi connectivity index (χ3v) is 5.31. The molecule has 0 radical (unpaired) electrons. The van der Waals surface area contributed by atoms with Crippen LogP contribution in [0.1, 0.15) is 12.5 Å². The Hall–Kier alpha value is -1.83. The van der Waals surface area contributed by atoms with Gasteiger partial charge in [0.15, 0.2) is 0 Å². The highest BCUT2D eigenvalue weighted by Gasteiger charge is 2.14. The average molecular weight is 350 g/mol. The first kappa shape index (κ1) is 17.5. The van der Waals surface area contributed by atoms with E-state index in [1.165, 1.54) is 36.0 Å². The summed E-state index contributed by atoms with van der Waals surface area (Å²) in [6.45, 7) is 1.83. The van der Waals surface area contributed by atoms with Gasteiger partial charge in [-0.25, -0.2) is 13.6 Å². The normalized spacial score (nSPS) is 12.6. The predicted molar refractivity (Wildman–Crippen MR) is 93.6 cm³/mol. The van der Waals surface area contributed by atoms with Crippen LogP contribution in [0.2, 0.25) is 0 Å². The molecule has 0 spiro atoms. The van der Waals surface area contributed by atoms with Crippen molar-refractivity contribution in [2.45, 2.75) is 22.8 Å². The van der Waals surface area contributed by atoms with Gasteiger partial charge < -0.3 is 5.32 Å². The Balaban J connectivity index is 1.90. The molecule has 0 aliphatic heterocycles. The first-order valence-corrected chi connectivity index (χ1v) is 9.55. The van der Waals surface area contributed by atoms with Crippen LogP contribution in [0, 0.1) is 0 Å². The molecule has 0 heterocycles. The second-order valence-electron chi connectivity index (χ2n) is 5.00. The van der Waals surface area contributed by atoms with Crippen molar-refractivity contribution < 1.29 is 13.2 Å². The Morgan fingerprint density at radius 2 is 1.74 bits per heavy atom. The minimum absolute atomic E-state index is 0.0157. The molecule has 0 saturated heterocycles. The van der Waals surface area contributed by atoms with Gasteiger partial charge in [0.05, 0.1) is 10.1 Å². The molecule has 0 aliphatic carbocycles. The van der Waals surface area contributed by atoms with Crippen LogP contribution in [0.25, 0.3) is 0 Å². The third-order valence-electron chi connectivity index (χ3n) is 3.16. The molecule has 1 amide bonds. The average Bonchev–Trinajstić information content (AvgIpc) is 2.53. The number of sulfonamides is 1. The minimum atomic E-state index is -3.72. The van der Waals surface area contributed by atoms with Crippen LogP contribution in [-0.4, -0.2) is 19.6 Å². The molecule has 2 aromatic carbocycles. The van der Waals surface area contributed by atoms with Gasteiger partial charge in [0, 0.05) is 11.4 Å². The molecule has 0 aliphatic rings. The van der Waals surface area contributed by atoms with E-state index in [-0.39, 0.29) is 16.1 Å². The molecule has 2 rings (SSSR count). The van der Waals surface area contributed by atoms with Crippen LogP contribution < -0.4 is 10.5 Å². The van der Waals surface area contributed by atoms with Crippen molar-refractivity contribution in [1.29, 1.82) is 0 Å². The first-order chi connectivity index (χ1) is 10.9. The number of hydrogen-bond donors (Lipinski definition) is 2. The molecular weight excluding hydrogens is 332 g/mol. The van der Waals surface area contributed by atoms with E-state index < -0.39 is 10.0 Å². The predicted octanol–water partition coefficient (Wildman–Crippen LogP) is 2.59. The monoisotopic (exact) mass is 350 g/mol. The van der Waals surface area contributed by atoms with Crippen molar-refractivity contribution in [1.82, 2.24) is 0 Å². The minimum Gasteiger partial charge on any atom is -0.325 e. The summed E-state index contributed by atoms with van der Waals surface area (Å²) in [5.41, 5.74) is 1.70. The number of hydrogen-bond acceptors (Lipinski definition) is 4. The molecule has 0 aromatic heterocycles. The summed E-state index contributed by atoms with van der Waals surface area (Å²) < 4.78 is 22.4. The maximum atomic E-state index is 12.1. The second-order valence-corrected chi connectivity index (χ2v) is 7.89. The zero-order chi connectivity index (χ0) is 16.9. The molecule has 122 valence electrons. The lowest BCUT2D eigenvalue weighted by Crippen LogP contribution is -2.22. The van der Waals surface area contributed by atoms with E-state index in [0.717, 1.165) is 11.3 Å². The van der Waals surface area contributed by atoms with Crippen molar-refractivity contribution in [3.8, 4) is 0 Å². The summed E-state index contributed by atoms with van der Waals surface area (Å²) in [4.78, 5) is 12.2. The molecule has 5 nitrogen and oxygen atoms in total. The highest BCUT2D eigenvalue weighted by atomic mass is 32.2. The number of thioether (sulfide) groups is 1. The number of carbonyl (C=O) groups excluding carboxylic acids is 1. The summed E-state index contributed by atoms with van der Waals surface area (Å²) in [6.07, 6.45) is 0. The number of anilines is 1. The fraction of sp³-hybridized carbons (Fsp3) is 0.188. The quantitative estimate of drug-likeness (QED) is 0.838. The van der Waals surface area contributed by atoms with Gasteiger partial charge in [0.2, 0.25) is 15.9 Å². The molecule has 23 heavy (non-hydrogen) atoms. The van der Waals surface area contributed by atoms with Gasteiger partial charge in [-0.2, -0.15) is 0 Å². The largest absolute Gasteiger partial charge is 0.325 e. The number of nitrogens with two attached hydrogens (primary N) is 1. The zero-order valence-electron chi connectivity index (χ0n) is 12.6. The van der Waals surface area contributed by atoms with Crippen molar-refractivity contribution in [2.75, 3.05) is 5.32 Å². The lowest BCUT2D eigenvalue weighted by Gasteiger charge is -2.12. The van der Waals surface area contributed by atoms with Crippen LogP contribution in [-0.2, 0) is 20.6 Å². The van der Waals surface area contributed by atoms with Crippen LogP contribution in [0.15, 0.2) is 59.5 Å². The molecule has 0 saturated carbocycles. The number of amides is 1. The zero-order valence-corrected chi connectivity index (χ0v) is 14.2. The maximum absolute atomic E-state index is 12.1. The van der Waals surface area contributed by atoms with Crippen molar-refractivity contribution in [2.24, 2.45) is 5.14 Å². The van der Waals surface area contributed by atoms with E-state index in [1.807, 2.05) is 37.3 Å². The third kappa shape index (κ3) is 5.38. The molecule has 2 aromatic rings. The Bertz CT molecular complexity index is 760. The van der Waals surface area contributed by atoms with E-state index in [2.05, 4.69) is 5.32 Å². The molecule has 1 atom stereocenters. The van der Waals surface area contributed by atoms with Gasteiger partial charge in [-0.05, 0) is 36.8 Å². The van der Waals surface area contributed by atoms with Crippen molar-refractivity contribution >= 4 is 33.4 Å². The summed E-state index contributed by atoms with van der Waals surface area (Å²) in [7, 11) is -3.72. The highest BCUT2D eigenvalue weighted by molar-refractivity contribution is 7.99. The Labute approximate surface area is 140 Å². The van der Waals surface area contributed by atoms with Gasteiger partial charge in [-0.1, -0.05) is 30.3 Å². The second kappa shape index (κ2) is 7.63. The van der Waals surface area contributed by atoms with Crippen molar-refractivity contribution in [3.63, 3.8) is 0 Å². The topological polar surface area (TPSA) is 89.3 Å². The Morgan fingerprint density at radius 3 is 2.30 bits per heavy atom. The molecule has 0 unspecified atom stereocenters. The Morgan fingerprint density at radius 1 is 1.13 bits per heavy atom. The van der Waals surface area contributed by atoms with Crippen molar-refractivity contribution in [3.05, 3.63) is 60.2 Å². The fourth-order valence-corrected chi connectivity index (χ4v) is 3.20. The van der Waals surface area contributed by atoms with E-state index >= 15 is 0 Å². The first-order valence-electron chi connectivity index (χ1n) is 6.95. The number of benzene rings is 2. The lowest BCUT2D eigenvalue weighted by molar-refractivity contribution is -0.115. The van der Waals surface area contributed by atoms with Crippen LogP contribution in [0.5, 0.6) is 0 Å². The number of nitrogens with one attached hydrogen (secondary N) is 1. The molecule has 0 bridgehead atoms.